The van der Waals surface area contributed by atoms with Crippen molar-refractivity contribution in [2.45, 2.75) is 5.16 Å². The molecular formula is C21H16FN5OS. The van der Waals surface area contributed by atoms with Crippen molar-refractivity contribution in [3.8, 4) is 16.8 Å². The number of hydrogen-bond acceptors (Lipinski definition) is 5. The van der Waals surface area contributed by atoms with Crippen LogP contribution in [0.4, 0.5) is 10.1 Å². The molecule has 0 atom stereocenters. The lowest BCUT2D eigenvalue weighted by atomic mass is 10.0. The van der Waals surface area contributed by atoms with E-state index in [-0.39, 0.29) is 17.5 Å². The summed E-state index contributed by atoms with van der Waals surface area (Å²) in [6.07, 6.45) is 0. The summed E-state index contributed by atoms with van der Waals surface area (Å²) in [5, 5.41) is 14.8. The number of thioether (sulfide) groups is 1. The number of tetrazole rings is 1. The lowest BCUT2D eigenvalue weighted by Crippen LogP contribution is -2.15. The van der Waals surface area contributed by atoms with Crippen molar-refractivity contribution in [3.63, 3.8) is 0 Å². The van der Waals surface area contributed by atoms with Crippen LogP contribution < -0.4 is 5.32 Å². The van der Waals surface area contributed by atoms with Gasteiger partial charge in [0.05, 0.1) is 11.4 Å². The van der Waals surface area contributed by atoms with E-state index in [0.717, 1.165) is 16.8 Å². The van der Waals surface area contributed by atoms with E-state index in [1.165, 1.54) is 28.6 Å². The fraction of sp³-hybridized carbons (Fsp3) is 0.0476. The van der Waals surface area contributed by atoms with Crippen LogP contribution in [0.1, 0.15) is 0 Å². The van der Waals surface area contributed by atoms with Crippen LogP contribution in [0.5, 0.6) is 0 Å². The summed E-state index contributed by atoms with van der Waals surface area (Å²) in [5.74, 6) is -0.463. The standard InChI is InChI=1S/C21H16FN5OS/c22-16-9-6-10-17(13-16)27-21(24-25-26-27)29-14-20(28)23-19-12-5-4-11-18(19)15-7-2-1-3-8-15/h1-13H,14H2,(H,23,28). The highest BCUT2D eigenvalue weighted by Gasteiger charge is 2.13. The van der Waals surface area contributed by atoms with E-state index in [1.54, 1.807) is 12.1 Å². The summed E-state index contributed by atoms with van der Waals surface area (Å²) in [7, 11) is 0. The van der Waals surface area contributed by atoms with Crippen LogP contribution in [0, 0.1) is 5.82 Å². The molecule has 1 heterocycles. The van der Waals surface area contributed by atoms with Gasteiger partial charge in [-0.1, -0.05) is 66.4 Å². The molecule has 8 heteroatoms. The molecule has 1 amide bonds. The van der Waals surface area contributed by atoms with Gasteiger partial charge in [-0.3, -0.25) is 4.79 Å². The number of nitrogens with zero attached hydrogens (tertiary/aromatic N) is 4. The van der Waals surface area contributed by atoms with E-state index in [2.05, 4.69) is 20.8 Å². The second kappa shape index (κ2) is 8.66. The second-order valence-corrected chi connectivity index (χ2v) is 7.04. The molecule has 0 aliphatic heterocycles. The van der Waals surface area contributed by atoms with Crippen molar-refractivity contribution in [3.05, 3.63) is 84.7 Å². The number of benzene rings is 3. The zero-order valence-corrected chi connectivity index (χ0v) is 16.0. The predicted octanol–water partition coefficient (Wildman–Crippen LogP) is 4.20. The molecule has 0 saturated carbocycles. The van der Waals surface area contributed by atoms with Gasteiger partial charge in [-0.05, 0) is 40.3 Å². The van der Waals surface area contributed by atoms with Gasteiger partial charge in [0.2, 0.25) is 11.1 Å². The van der Waals surface area contributed by atoms with Crippen LogP contribution in [0.2, 0.25) is 0 Å². The van der Waals surface area contributed by atoms with E-state index in [1.807, 2.05) is 54.6 Å². The summed E-state index contributed by atoms with van der Waals surface area (Å²) in [6.45, 7) is 0. The molecule has 1 N–H and O–H groups in total. The first-order chi connectivity index (χ1) is 14.2. The Balaban J connectivity index is 1.46. The number of anilines is 1. The van der Waals surface area contributed by atoms with Crippen LogP contribution in [0.15, 0.2) is 84.0 Å². The highest BCUT2D eigenvalue weighted by Crippen LogP contribution is 2.28. The number of aromatic nitrogens is 4. The molecule has 0 aliphatic rings. The summed E-state index contributed by atoms with van der Waals surface area (Å²) in [6, 6.07) is 23.4. The summed E-state index contributed by atoms with van der Waals surface area (Å²) >= 11 is 1.18. The molecule has 0 saturated heterocycles. The highest BCUT2D eigenvalue weighted by molar-refractivity contribution is 7.99. The first kappa shape index (κ1) is 18.8. The number of hydrogen-bond donors (Lipinski definition) is 1. The molecule has 0 fully saturated rings. The molecule has 29 heavy (non-hydrogen) atoms. The Kier molecular flexibility index (Phi) is 5.62. The lowest BCUT2D eigenvalue weighted by Gasteiger charge is -2.11. The molecular weight excluding hydrogens is 389 g/mol. The highest BCUT2D eigenvalue weighted by atomic mass is 32.2. The van der Waals surface area contributed by atoms with Crippen molar-refractivity contribution < 1.29 is 9.18 Å². The maximum absolute atomic E-state index is 13.5. The Morgan fingerprint density at radius 2 is 1.79 bits per heavy atom. The molecule has 4 rings (SSSR count). The van der Waals surface area contributed by atoms with Gasteiger partial charge in [0, 0.05) is 11.3 Å². The van der Waals surface area contributed by atoms with Crippen molar-refractivity contribution in [2.24, 2.45) is 0 Å². The third kappa shape index (κ3) is 4.49. The van der Waals surface area contributed by atoms with Crippen LogP contribution >= 0.6 is 11.8 Å². The van der Waals surface area contributed by atoms with E-state index in [9.17, 15) is 9.18 Å². The van der Waals surface area contributed by atoms with E-state index >= 15 is 0 Å². The number of para-hydroxylation sites is 1. The van der Waals surface area contributed by atoms with Crippen molar-refractivity contribution in [2.75, 3.05) is 11.1 Å². The fourth-order valence-electron chi connectivity index (χ4n) is 2.82. The quantitative estimate of drug-likeness (QED) is 0.487. The van der Waals surface area contributed by atoms with Crippen molar-refractivity contribution in [1.29, 1.82) is 0 Å². The van der Waals surface area contributed by atoms with Crippen LogP contribution in [-0.4, -0.2) is 31.9 Å². The van der Waals surface area contributed by atoms with Gasteiger partial charge in [-0.15, -0.1) is 5.10 Å². The van der Waals surface area contributed by atoms with Gasteiger partial charge in [0.15, 0.2) is 0 Å². The molecule has 0 unspecified atom stereocenters. The fourth-order valence-corrected chi connectivity index (χ4v) is 3.51. The zero-order valence-electron chi connectivity index (χ0n) is 15.2. The van der Waals surface area contributed by atoms with Gasteiger partial charge in [-0.2, -0.15) is 4.68 Å². The Morgan fingerprint density at radius 1 is 1.00 bits per heavy atom. The minimum absolute atomic E-state index is 0.110. The average molecular weight is 405 g/mol. The molecule has 0 radical (unpaired) electrons. The average Bonchev–Trinajstić information content (AvgIpc) is 3.22. The Bertz CT molecular complexity index is 1130. The van der Waals surface area contributed by atoms with E-state index in [0.29, 0.717) is 10.8 Å². The molecule has 3 aromatic carbocycles. The number of carbonyl (C=O) groups excluding carboxylic acids is 1. The maximum Gasteiger partial charge on any atom is 0.234 e. The van der Waals surface area contributed by atoms with Crippen molar-refractivity contribution >= 4 is 23.4 Å². The SMILES string of the molecule is O=C(CSc1nnnn1-c1cccc(F)c1)Nc1ccccc1-c1ccccc1. The summed E-state index contributed by atoms with van der Waals surface area (Å²) in [5.41, 5.74) is 3.18. The van der Waals surface area contributed by atoms with E-state index in [4.69, 9.17) is 0 Å². The largest absolute Gasteiger partial charge is 0.325 e. The number of rotatable bonds is 6. The smallest absolute Gasteiger partial charge is 0.234 e. The molecule has 144 valence electrons. The van der Waals surface area contributed by atoms with Gasteiger partial charge in [-0.25, -0.2) is 4.39 Å². The minimum Gasteiger partial charge on any atom is -0.325 e. The Morgan fingerprint density at radius 3 is 2.62 bits per heavy atom. The monoisotopic (exact) mass is 405 g/mol. The molecule has 0 spiro atoms. The third-order valence-corrected chi connectivity index (χ3v) is 5.03. The zero-order chi connectivity index (χ0) is 20.1. The Hall–Kier alpha value is -3.52. The first-order valence-electron chi connectivity index (χ1n) is 8.82. The van der Waals surface area contributed by atoms with Crippen molar-refractivity contribution in [1.82, 2.24) is 20.2 Å². The summed E-state index contributed by atoms with van der Waals surface area (Å²) in [4.78, 5) is 12.5. The lowest BCUT2D eigenvalue weighted by molar-refractivity contribution is -0.113. The second-order valence-electron chi connectivity index (χ2n) is 6.10. The first-order valence-corrected chi connectivity index (χ1v) is 9.81. The minimum atomic E-state index is -0.385. The number of nitrogens with one attached hydrogen (secondary N) is 1. The third-order valence-electron chi connectivity index (χ3n) is 4.11. The van der Waals surface area contributed by atoms with Gasteiger partial charge < -0.3 is 5.32 Å². The van der Waals surface area contributed by atoms with Crippen LogP contribution in [0.25, 0.3) is 16.8 Å². The number of halogens is 1. The Labute approximate surface area is 170 Å². The normalized spacial score (nSPS) is 10.7. The van der Waals surface area contributed by atoms with Gasteiger partial charge in [0.1, 0.15) is 5.82 Å². The predicted molar refractivity (Wildman–Crippen MR) is 110 cm³/mol. The number of amides is 1. The van der Waals surface area contributed by atoms with Crippen LogP contribution in [0.3, 0.4) is 0 Å². The summed E-state index contributed by atoms with van der Waals surface area (Å²) < 4.78 is 14.9. The maximum atomic E-state index is 13.5. The molecule has 0 bridgehead atoms. The molecule has 1 aromatic heterocycles. The van der Waals surface area contributed by atoms with Gasteiger partial charge >= 0.3 is 0 Å². The number of carbonyl (C=O) groups is 1. The van der Waals surface area contributed by atoms with E-state index < -0.39 is 0 Å². The molecule has 4 aromatic rings. The molecule has 6 nitrogen and oxygen atoms in total. The van der Waals surface area contributed by atoms with Crippen LogP contribution in [-0.2, 0) is 4.79 Å². The topological polar surface area (TPSA) is 72.7 Å². The molecule has 0 aliphatic carbocycles. The van der Waals surface area contributed by atoms with Gasteiger partial charge in [0.25, 0.3) is 0 Å².